The molecule has 1 nitrogen and oxygen atoms in total. The zero-order valence-electron chi connectivity index (χ0n) is 27.4. The van der Waals surface area contributed by atoms with Crippen molar-refractivity contribution in [2.75, 3.05) is 4.90 Å². The molecule has 1 heteroatoms. The van der Waals surface area contributed by atoms with Crippen LogP contribution in [0.1, 0.15) is 18.4 Å². The van der Waals surface area contributed by atoms with Crippen LogP contribution in [0.25, 0.3) is 50.1 Å². The number of allylic oxidation sites excluding steroid dienone is 4. The predicted molar refractivity (Wildman–Crippen MR) is 209 cm³/mol. The molecule has 0 spiro atoms. The van der Waals surface area contributed by atoms with E-state index in [9.17, 15) is 0 Å². The first-order valence-electron chi connectivity index (χ1n) is 17.1. The molecule has 7 aromatic carbocycles. The highest BCUT2D eigenvalue weighted by molar-refractivity contribution is 5.89. The minimum absolute atomic E-state index is 0.941. The minimum Gasteiger partial charge on any atom is -0.314 e. The summed E-state index contributed by atoms with van der Waals surface area (Å²) in [7, 11) is 0. The largest absolute Gasteiger partial charge is 0.314 e. The molecule has 0 atom stereocenters. The Morgan fingerprint density at radius 2 is 0.796 bits per heavy atom. The van der Waals surface area contributed by atoms with Crippen molar-refractivity contribution < 1.29 is 0 Å². The zero-order chi connectivity index (χ0) is 32.8. The fourth-order valence-corrected chi connectivity index (χ4v) is 6.87. The lowest BCUT2D eigenvalue weighted by atomic mass is 9.92. The summed E-state index contributed by atoms with van der Waals surface area (Å²) in [6, 6.07) is 67.7. The van der Waals surface area contributed by atoms with E-state index in [0.29, 0.717) is 0 Å². The summed E-state index contributed by atoms with van der Waals surface area (Å²) >= 11 is 0. The predicted octanol–water partition coefficient (Wildman–Crippen LogP) is 13.3. The molecule has 234 valence electrons. The van der Waals surface area contributed by atoms with Crippen LogP contribution in [-0.4, -0.2) is 0 Å². The zero-order valence-corrected chi connectivity index (χ0v) is 27.4. The monoisotopic (exact) mass is 627 g/mol. The van der Waals surface area contributed by atoms with Gasteiger partial charge in [-0.2, -0.15) is 0 Å². The van der Waals surface area contributed by atoms with Gasteiger partial charge in [0.2, 0.25) is 0 Å². The molecule has 1 aliphatic carbocycles. The van der Waals surface area contributed by atoms with Gasteiger partial charge in [-0.15, -0.1) is 0 Å². The summed E-state index contributed by atoms with van der Waals surface area (Å²) in [6.45, 7) is 0. The Labute approximate surface area is 289 Å². The summed E-state index contributed by atoms with van der Waals surface area (Å²) in [4.78, 5) is 2.47. The van der Waals surface area contributed by atoms with Gasteiger partial charge in [0.1, 0.15) is 0 Å². The third-order valence-electron chi connectivity index (χ3n) is 9.42. The van der Waals surface area contributed by atoms with Crippen LogP contribution in [0.5, 0.6) is 0 Å². The van der Waals surface area contributed by atoms with Gasteiger partial charge in [-0.1, -0.05) is 164 Å². The van der Waals surface area contributed by atoms with Gasteiger partial charge >= 0.3 is 0 Å². The van der Waals surface area contributed by atoms with Crippen molar-refractivity contribution in [3.63, 3.8) is 0 Å². The van der Waals surface area contributed by atoms with E-state index in [4.69, 9.17) is 0 Å². The van der Waals surface area contributed by atoms with E-state index in [1.54, 1.807) is 0 Å². The number of hydrogen-bond donors (Lipinski definition) is 0. The summed E-state index contributed by atoms with van der Waals surface area (Å²) < 4.78 is 0. The number of nitrogens with zero attached hydrogens (tertiary/aromatic N) is 1. The standard InChI is InChI=1S/C48H37N/c1-5-14-36(15-6-1)39-24-29-45(30-25-39)49(46-31-26-40(27-32-46)37-16-7-2-8-17-37)48-33-28-44(35-47(48)41-20-11-4-12-21-41)43-23-13-22-42(34-43)38-18-9-3-10-19-38/h1-26,28-31,33-35H,27,32H2. The smallest absolute Gasteiger partial charge is 0.0537 e. The summed E-state index contributed by atoms with van der Waals surface area (Å²) in [5.41, 5.74) is 16.0. The molecule has 0 bridgehead atoms. The average molecular weight is 628 g/mol. The topological polar surface area (TPSA) is 3.24 Å². The van der Waals surface area contributed by atoms with E-state index < -0.39 is 0 Å². The maximum absolute atomic E-state index is 2.47. The normalized spacial score (nSPS) is 12.6. The molecular weight excluding hydrogens is 591 g/mol. The minimum atomic E-state index is 0.941. The molecule has 0 heterocycles. The van der Waals surface area contributed by atoms with Gasteiger partial charge in [0.05, 0.1) is 5.69 Å². The Morgan fingerprint density at radius 3 is 1.39 bits per heavy atom. The molecule has 0 aromatic heterocycles. The van der Waals surface area contributed by atoms with Crippen molar-refractivity contribution in [3.05, 3.63) is 211 Å². The van der Waals surface area contributed by atoms with E-state index in [2.05, 4.69) is 205 Å². The van der Waals surface area contributed by atoms with Crippen LogP contribution >= 0.6 is 0 Å². The Bertz CT molecular complexity index is 2230. The van der Waals surface area contributed by atoms with Crippen LogP contribution in [0, 0.1) is 0 Å². The van der Waals surface area contributed by atoms with E-state index in [1.807, 2.05) is 0 Å². The Balaban J connectivity index is 1.26. The molecule has 0 saturated heterocycles. The van der Waals surface area contributed by atoms with Crippen LogP contribution in [0.4, 0.5) is 11.4 Å². The number of rotatable bonds is 8. The van der Waals surface area contributed by atoms with Crippen molar-refractivity contribution in [1.29, 1.82) is 0 Å². The number of benzene rings is 7. The van der Waals surface area contributed by atoms with Gasteiger partial charge in [-0.3, -0.25) is 0 Å². The number of hydrogen-bond acceptors (Lipinski definition) is 1. The third kappa shape index (κ3) is 6.52. The van der Waals surface area contributed by atoms with Crippen molar-refractivity contribution in [1.82, 2.24) is 0 Å². The summed E-state index contributed by atoms with van der Waals surface area (Å²) in [5, 5.41) is 0. The lowest BCUT2D eigenvalue weighted by Crippen LogP contribution is -2.18. The van der Waals surface area contributed by atoms with Crippen molar-refractivity contribution in [3.8, 4) is 44.5 Å². The molecule has 0 amide bonds. The second kappa shape index (κ2) is 13.9. The fraction of sp³-hybridized carbons (Fsp3) is 0.0417. The molecule has 0 fully saturated rings. The lowest BCUT2D eigenvalue weighted by molar-refractivity contribution is 0.930. The molecule has 0 aliphatic heterocycles. The first-order valence-corrected chi connectivity index (χ1v) is 17.1. The van der Waals surface area contributed by atoms with Gasteiger partial charge in [0.25, 0.3) is 0 Å². The molecule has 8 rings (SSSR count). The molecule has 1 aliphatic rings. The second-order valence-corrected chi connectivity index (χ2v) is 12.5. The van der Waals surface area contributed by atoms with E-state index in [1.165, 1.54) is 67.0 Å². The molecule has 7 aromatic rings. The highest BCUT2D eigenvalue weighted by Crippen LogP contribution is 2.43. The lowest BCUT2D eigenvalue weighted by Gasteiger charge is -2.32. The molecule has 0 radical (unpaired) electrons. The molecule has 49 heavy (non-hydrogen) atoms. The average Bonchev–Trinajstić information content (AvgIpc) is 3.20. The van der Waals surface area contributed by atoms with Gasteiger partial charge in [-0.05, 0) is 99.3 Å². The molecule has 0 N–H and O–H groups in total. The maximum atomic E-state index is 2.47. The van der Waals surface area contributed by atoms with Crippen molar-refractivity contribution in [2.24, 2.45) is 0 Å². The maximum Gasteiger partial charge on any atom is 0.0537 e. The van der Waals surface area contributed by atoms with Crippen molar-refractivity contribution >= 4 is 16.9 Å². The second-order valence-electron chi connectivity index (χ2n) is 12.5. The fourth-order valence-electron chi connectivity index (χ4n) is 6.87. The van der Waals surface area contributed by atoms with Gasteiger partial charge in [0, 0.05) is 16.9 Å². The number of anilines is 2. The van der Waals surface area contributed by atoms with Crippen LogP contribution in [0.2, 0.25) is 0 Å². The van der Waals surface area contributed by atoms with Gasteiger partial charge in [-0.25, -0.2) is 0 Å². The summed E-state index contributed by atoms with van der Waals surface area (Å²) in [5.74, 6) is 0. The van der Waals surface area contributed by atoms with Gasteiger partial charge in [0.15, 0.2) is 0 Å². The first-order chi connectivity index (χ1) is 24.3. The van der Waals surface area contributed by atoms with Crippen LogP contribution in [0.3, 0.4) is 0 Å². The Kier molecular flexibility index (Phi) is 8.56. The quantitative estimate of drug-likeness (QED) is 0.162. The van der Waals surface area contributed by atoms with E-state index in [-0.39, 0.29) is 0 Å². The molecule has 0 saturated carbocycles. The van der Waals surface area contributed by atoms with Gasteiger partial charge < -0.3 is 4.90 Å². The highest BCUT2D eigenvalue weighted by Gasteiger charge is 2.22. The molecular formula is C48H37N. The van der Waals surface area contributed by atoms with E-state index >= 15 is 0 Å². The molecule has 0 unspecified atom stereocenters. The SMILES string of the molecule is C1=C(c2ccccc2)CCC(N(c2ccc(-c3ccccc3)cc2)c2ccc(-c3cccc(-c4ccccc4)c3)cc2-c2ccccc2)=C1. The van der Waals surface area contributed by atoms with Crippen LogP contribution in [-0.2, 0) is 0 Å². The summed E-state index contributed by atoms with van der Waals surface area (Å²) in [6.07, 6.45) is 6.56. The first kappa shape index (κ1) is 30.2. The van der Waals surface area contributed by atoms with E-state index in [0.717, 1.165) is 18.5 Å². The van der Waals surface area contributed by atoms with Crippen molar-refractivity contribution in [2.45, 2.75) is 12.8 Å². The Hall–Kier alpha value is -6.18. The Morgan fingerprint density at radius 1 is 0.327 bits per heavy atom. The van der Waals surface area contributed by atoms with Crippen LogP contribution in [0.15, 0.2) is 206 Å². The van der Waals surface area contributed by atoms with Crippen LogP contribution < -0.4 is 4.90 Å². The highest BCUT2D eigenvalue weighted by atomic mass is 15.2. The third-order valence-corrected chi connectivity index (χ3v) is 9.42.